The van der Waals surface area contributed by atoms with Crippen LogP contribution in [0.5, 0.6) is 0 Å². The molecule has 0 aliphatic rings. The minimum Gasteiger partial charge on any atom is -0.372 e. The Balaban J connectivity index is 2.65. The van der Waals surface area contributed by atoms with Crippen LogP contribution in [-0.4, -0.2) is 29.9 Å². The summed E-state index contributed by atoms with van der Waals surface area (Å²) in [5, 5.41) is 4.58. The van der Waals surface area contributed by atoms with Crippen LogP contribution in [0.15, 0.2) is 5.38 Å². The second kappa shape index (κ2) is 4.99. The van der Waals surface area contributed by atoms with E-state index in [-0.39, 0.29) is 11.7 Å². The summed E-state index contributed by atoms with van der Waals surface area (Å²) in [7, 11) is 1.45. The number of amides is 1. The lowest BCUT2D eigenvalue weighted by Crippen LogP contribution is -2.26. The highest BCUT2D eigenvalue weighted by Crippen LogP contribution is 2.15. The fourth-order valence-electron chi connectivity index (χ4n) is 0.807. The van der Waals surface area contributed by atoms with Crippen LogP contribution < -0.4 is 5.32 Å². The summed E-state index contributed by atoms with van der Waals surface area (Å²) < 4.78 is 4.84. The number of aromatic nitrogens is 1. The van der Waals surface area contributed by atoms with E-state index in [1.165, 1.54) is 25.4 Å². The van der Waals surface area contributed by atoms with Crippen LogP contribution in [0.3, 0.4) is 0 Å². The van der Waals surface area contributed by atoms with Crippen molar-refractivity contribution < 1.29 is 14.3 Å². The zero-order chi connectivity index (χ0) is 11.4. The third-order valence-electron chi connectivity index (χ3n) is 1.82. The van der Waals surface area contributed by atoms with Gasteiger partial charge in [-0.15, -0.1) is 11.3 Å². The molecular weight excluding hydrogens is 216 g/mol. The normalized spacial score (nSPS) is 12.2. The number of hydrogen-bond acceptors (Lipinski definition) is 5. The van der Waals surface area contributed by atoms with E-state index in [1.54, 1.807) is 12.3 Å². The van der Waals surface area contributed by atoms with Gasteiger partial charge in [0, 0.05) is 19.4 Å². The molecule has 0 spiro atoms. The summed E-state index contributed by atoms with van der Waals surface area (Å²) in [5.41, 5.74) is 0.361. The van der Waals surface area contributed by atoms with Gasteiger partial charge in [0.25, 0.3) is 5.91 Å². The van der Waals surface area contributed by atoms with Crippen molar-refractivity contribution in [3.63, 3.8) is 0 Å². The van der Waals surface area contributed by atoms with E-state index < -0.39 is 6.10 Å². The molecular formula is C9H12N2O3S. The number of ether oxygens (including phenoxy) is 1. The number of nitrogens with zero attached hydrogens (tertiary/aromatic N) is 1. The summed E-state index contributed by atoms with van der Waals surface area (Å²) in [6, 6.07) is 0. The second-order valence-corrected chi connectivity index (χ2v) is 3.82. The second-order valence-electron chi connectivity index (χ2n) is 2.96. The summed E-state index contributed by atoms with van der Waals surface area (Å²) in [6.07, 6.45) is -0.533. The fraction of sp³-hybridized carbons (Fsp3) is 0.444. The van der Waals surface area contributed by atoms with Gasteiger partial charge in [0.05, 0.1) is 0 Å². The van der Waals surface area contributed by atoms with Crippen molar-refractivity contribution >= 4 is 28.2 Å². The highest BCUT2D eigenvalue weighted by atomic mass is 32.1. The van der Waals surface area contributed by atoms with Crippen LogP contribution in [0, 0.1) is 0 Å². The van der Waals surface area contributed by atoms with E-state index in [9.17, 15) is 9.59 Å². The first kappa shape index (κ1) is 11.8. The van der Waals surface area contributed by atoms with Crippen LogP contribution in [0.2, 0.25) is 0 Å². The maximum Gasteiger partial charge on any atom is 0.254 e. The maximum atomic E-state index is 11.4. The van der Waals surface area contributed by atoms with E-state index >= 15 is 0 Å². The van der Waals surface area contributed by atoms with E-state index in [0.717, 1.165) is 0 Å². The fourth-order valence-corrected chi connectivity index (χ4v) is 1.56. The van der Waals surface area contributed by atoms with Gasteiger partial charge >= 0.3 is 0 Å². The molecule has 5 nitrogen and oxygen atoms in total. The molecule has 1 rings (SSSR count). The van der Waals surface area contributed by atoms with Gasteiger partial charge in [-0.05, 0) is 6.92 Å². The number of ketones is 1. The van der Waals surface area contributed by atoms with Crippen molar-refractivity contribution in [2.75, 3.05) is 12.4 Å². The summed E-state index contributed by atoms with van der Waals surface area (Å²) in [4.78, 5) is 26.3. The minimum absolute atomic E-state index is 0.119. The van der Waals surface area contributed by atoms with Gasteiger partial charge in [0.1, 0.15) is 11.8 Å². The Morgan fingerprint density at radius 3 is 2.73 bits per heavy atom. The highest BCUT2D eigenvalue weighted by Gasteiger charge is 2.14. The predicted molar refractivity (Wildman–Crippen MR) is 57.2 cm³/mol. The molecule has 1 aromatic rings. The molecule has 0 radical (unpaired) electrons. The average molecular weight is 228 g/mol. The Hall–Kier alpha value is -1.27. The number of carbonyl (C=O) groups is 2. The molecule has 0 aromatic carbocycles. The Morgan fingerprint density at radius 1 is 1.60 bits per heavy atom. The molecule has 6 heteroatoms. The van der Waals surface area contributed by atoms with Gasteiger partial charge in [0.15, 0.2) is 10.9 Å². The van der Waals surface area contributed by atoms with Crippen molar-refractivity contribution in [2.45, 2.75) is 20.0 Å². The van der Waals surface area contributed by atoms with Crippen LogP contribution in [0.25, 0.3) is 0 Å². The molecule has 15 heavy (non-hydrogen) atoms. The Morgan fingerprint density at radius 2 is 2.27 bits per heavy atom. The van der Waals surface area contributed by atoms with Gasteiger partial charge < -0.3 is 4.74 Å². The van der Waals surface area contributed by atoms with Crippen molar-refractivity contribution in [1.29, 1.82) is 0 Å². The molecule has 0 saturated carbocycles. The lowest BCUT2D eigenvalue weighted by atomic mass is 10.3. The largest absolute Gasteiger partial charge is 0.372 e. The molecule has 0 bridgehead atoms. The maximum absolute atomic E-state index is 11.4. The monoisotopic (exact) mass is 228 g/mol. The SMILES string of the molecule is CO[C@H](C)C(=O)Nc1nc(C(C)=O)cs1. The quantitative estimate of drug-likeness (QED) is 0.789. The molecule has 0 saturated heterocycles. The molecule has 0 unspecified atom stereocenters. The molecule has 1 N–H and O–H groups in total. The third-order valence-corrected chi connectivity index (χ3v) is 2.58. The molecule has 0 aliphatic heterocycles. The number of methoxy groups -OCH3 is 1. The van der Waals surface area contributed by atoms with Gasteiger partial charge in [-0.2, -0.15) is 0 Å². The molecule has 1 atom stereocenters. The highest BCUT2D eigenvalue weighted by molar-refractivity contribution is 7.14. The number of Topliss-reactive ketones (excluding diaryl/α,β-unsaturated/α-hetero) is 1. The molecule has 0 aliphatic carbocycles. The molecule has 1 amide bonds. The Kier molecular flexibility index (Phi) is 3.93. The van der Waals surface area contributed by atoms with Crippen LogP contribution in [0.1, 0.15) is 24.3 Å². The Labute approximate surface area is 91.5 Å². The first-order valence-corrected chi connectivity index (χ1v) is 5.22. The van der Waals surface area contributed by atoms with E-state index in [2.05, 4.69) is 10.3 Å². The number of carbonyl (C=O) groups excluding carboxylic acids is 2. The standard InChI is InChI=1S/C9H12N2O3S/c1-5(12)7-4-15-9(10-7)11-8(13)6(2)14-3/h4,6H,1-3H3,(H,10,11,13)/t6-/m1/s1. The topological polar surface area (TPSA) is 68.3 Å². The molecule has 0 fully saturated rings. The van der Waals surface area contributed by atoms with E-state index in [1.807, 2.05) is 0 Å². The summed E-state index contributed by atoms with van der Waals surface area (Å²) >= 11 is 1.21. The lowest BCUT2D eigenvalue weighted by Gasteiger charge is -2.07. The van der Waals surface area contributed by atoms with E-state index in [0.29, 0.717) is 10.8 Å². The zero-order valence-electron chi connectivity index (χ0n) is 8.73. The van der Waals surface area contributed by atoms with Crippen LogP contribution >= 0.6 is 11.3 Å². The first-order chi connectivity index (χ1) is 7.04. The number of thiazole rings is 1. The Bertz CT molecular complexity index is 375. The van der Waals surface area contributed by atoms with Gasteiger partial charge in [-0.3, -0.25) is 14.9 Å². The predicted octanol–water partition coefficient (Wildman–Crippen LogP) is 1.32. The summed E-state index contributed by atoms with van der Waals surface area (Å²) in [6.45, 7) is 3.06. The number of rotatable bonds is 4. The molecule has 1 aromatic heterocycles. The molecule has 1 heterocycles. The zero-order valence-corrected chi connectivity index (χ0v) is 9.55. The number of hydrogen-bond donors (Lipinski definition) is 1. The lowest BCUT2D eigenvalue weighted by molar-refractivity contribution is -0.124. The smallest absolute Gasteiger partial charge is 0.254 e. The number of anilines is 1. The average Bonchev–Trinajstić information content (AvgIpc) is 2.65. The van der Waals surface area contributed by atoms with Gasteiger partial charge in [-0.1, -0.05) is 0 Å². The van der Waals surface area contributed by atoms with Crippen LogP contribution in [-0.2, 0) is 9.53 Å². The number of nitrogens with one attached hydrogen (secondary N) is 1. The third kappa shape index (κ3) is 3.10. The van der Waals surface area contributed by atoms with Crippen molar-refractivity contribution in [2.24, 2.45) is 0 Å². The van der Waals surface area contributed by atoms with Gasteiger partial charge in [-0.25, -0.2) is 4.98 Å². The van der Waals surface area contributed by atoms with Crippen molar-refractivity contribution in [3.8, 4) is 0 Å². The molecule has 82 valence electrons. The van der Waals surface area contributed by atoms with Crippen molar-refractivity contribution in [1.82, 2.24) is 4.98 Å². The first-order valence-electron chi connectivity index (χ1n) is 4.34. The van der Waals surface area contributed by atoms with Crippen LogP contribution in [0.4, 0.5) is 5.13 Å². The summed E-state index contributed by atoms with van der Waals surface area (Å²) in [5.74, 6) is -0.395. The van der Waals surface area contributed by atoms with Crippen molar-refractivity contribution in [3.05, 3.63) is 11.1 Å². The minimum atomic E-state index is -0.533. The van der Waals surface area contributed by atoms with Gasteiger partial charge in [0.2, 0.25) is 0 Å². The van der Waals surface area contributed by atoms with E-state index in [4.69, 9.17) is 4.74 Å².